The van der Waals surface area contributed by atoms with E-state index in [4.69, 9.17) is 4.74 Å². The highest BCUT2D eigenvalue weighted by Crippen LogP contribution is 2.50. The molecule has 32 heavy (non-hydrogen) atoms. The van der Waals surface area contributed by atoms with Crippen molar-refractivity contribution >= 4 is 33.9 Å². The van der Waals surface area contributed by atoms with Crippen molar-refractivity contribution < 1.29 is 4.74 Å². The largest absolute Gasteiger partial charge is 0.445 e. The maximum absolute atomic E-state index is 7.05. The van der Waals surface area contributed by atoms with Gasteiger partial charge < -0.3 is 19.4 Å². The zero-order chi connectivity index (χ0) is 21.7. The third-order valence-electron chi connectivity index (χ3n) is 7.32. The first-order chi connectivity index (χ1) is 15.8. The molecular formula is C28H31N3O. The highest BCUT2D eigenvalue weighted by molar-refractivity contribution is 6.02. The van der Waals surface area contributed by atoms with Gasteiger partial charge in [-0.05, 0) is 56.7 Å². The van der Waals surface area contributed by atoms with Crippen LogP contribution in [-0.4, -0.2) is 32.0 Å². The lowest BCUT2D eigenvalue weighted by atomic mass is 9.97. The molecule has 1 fully saturated rings. The molecule has 0 bridgehead atoms. The summed E-state index contributed by atoms with van der Waals surface area (Å²) in [7, 11) is 0. The number of para-hydroxylation sites is 2. The van der Waals surface area contributed by atoms with E-state index in [0.29, 0.717) is 0 Å². The Balaban J connectivity index is 1.52. The lowest BCUT2D eigenvalue weighted by molar-refractivity contribution is 0.118. The third-order valence-corrected chi connectivity index (χ3v) is 7.32. The van der Waals surface area contributed by atoms with Gasteiger partial charge in [0.2, 0.25) is 0 Å². The van der Waals surface area contributed by atoms with Crippen molar-refractivity contribution in [1.82, 2.24) is 0 Å². The van der Waals surface area contributed by atoms with E-state index < -0.39 is 5.85 Å². The van der Waals surface area contributed by atoms with Crippen LogP contribution < -0.4 is 19.4 Å². The average molecular weight is 426 g/mol. The van der Waals surface area contributed by atoms with Gasteiger partial charge in [-0.25, -0.2) is 0 Å². The summed E-state index contributed by atoms with van der Waals surface area (Å²) in [6.45, 7) is 8.42. The van der Waals surface area contributed by atoms with Crippen molar-refractivity contribution in [3.63, 3.8) is 0 Å². The van der Waals surface area contributed by atoms with Gasteiger partial charge in [-0.3, -0.25) is 0 Å². The van der Waals surface area contributed by atoms with Crippen molar-refractivity contribution in [2.75, 3.05) is 40.9 Å². The van der Waals surface area contributed by atoms with Crippen LogP contribution in [0.5, 0.6) is 5.75 Å². The number of piperidine rings is 1. The van der Waals surface area contributed by atoms with Crippen molar-refractivity contribution in [3.8, 4) is 5.75 Å². The Hall–Kier alpha value is -3.14. The summed E-state index contributed by atoms with van der Waals surface area (Å²) in [4.78, 5) is 7.33. The van der Waals surface area contributed by atoms with Gasteiger partial charge in [0.25, 0.3) is 5.85 Å². The zero-order valence-electron chi connectivity index (χ0n) is 19.1. The Morgan fingerprint density at radius 1 is 0.781 bits per heavy atom. The maximum Gasteiger partial charge on any atom is 0.285 e. The first-order valence-corrected chi connectivity index (χ1v) is 12.1. The van der Waals surface area contributed by atoms with E-state index in [1.807, 2.05) is 0 Å². The van der Waals surface area contributed by atoms with Crippen molar-refractivity contribution in [2.24, 2.45) is 0 Å². The second-order valence-corrected chi connectivity index (χ2v) is 8.97. The Bertz CT molecular complexity index is 1160. The average Bonchev–Trinajstić information content (AvgIpc) is 3.11. The molecule has 0 amide bonds. The molecular weight excluding hydrogens is 394 g/mol. The summed E-state index contributed by atoms with van der Waals surface area (Å²) in [6.07, 6.45) is 8.40. The molecule has 6 rings (SSSR count). The molecule has 3 aromatic rings. The van der Waals surface area contributed by atoms with Gasteiger partial charge in [-0.15, -0.1) is 0 Å². The molecule has 0 saturated carbocycles. The Kier molecular flexibility index (Phi) is 4.56. The zero-order valence-corrected chi connectivity index (χ0v) is 19.1. The summed E-state index contributed by atoms with van der Waals surface area (Å²) < 4.78 is 7.05. The highest BCUT2D eigenvalue weighted by atomic mass is 16.5. The maximum atomic E-state index is 7.05. The van der Waals surface area contributed by atoms with E-state index in [9.17, 15) is 0 Å². The number of anilines is 3. The second-order valence-electron chi connectivity index (χ2n) is 8.97. The van der Waals surface area contributed by atoms with Crippen LogP contribution in [0.1, 0.15) is 38.7 Å². The normalized spacial score (nSPS) is 18.8. The molecule has 0 radical (unpaired) electrons. The van der Waals surface area contributed by atoms with Gasteiger partial charge in [0, 0.05) is 55.0 Å². The summed E-state index contributed by atoms with van der Waals surface area (Å²) in [6, 6.07) is 19.8. The number of benzene rings is 3. The molecule has 4 nitrogen and oxygen atoms in total. The van der Waals surface area contributed by atoms with Crippen LogP contribution in [0, 0.1) is 0 Å². The Morgan fingerprint density at radius 2 is 1.41 bits per heavy atom. The number of nitrogens with zero attached hydrogens (tertiary/aromatic N) is 3. The van der Waals surface area contributed by atoms with Crippen LogP contribution in [0.15, 0.2) is 60.7 Å². The number of hydrogen-bond acceptors (Lipinski definition) is 4. The van der Waals surface area contributed by atoms with Crippen LogP contribution in [0.2, 0.25) is 0 Å². The second kappa shape index (κ2) is 7.47. The predicted molar refractivity (Wildman–Crippen MR) is 135 cm³/mol. The fourth-order valence-electron chi connectivity index (χ4n) is 5.89. The lowest BCUT2D eigenvalue weighted by Gasteiger charge is -2.45. The first kappa shape index (κ1) is 19.5. The Morgan fingerprint density at radius 3 is 2.06 bits per heavy atom. The number of ether oxygens (including phenoxy) is 1. The van der Waals surface area contributed by atoms with Gasteiger partial charge in [-0.2, -0.15) is 0 Å². The molecule has 0 unspecified atom stereocenters. The molecule has 1 saturated heterocycles. The molecule has 3 aliphatic rings. The van der Waals surface area contributed by atoms with Crippen LogP contribution >= 0.6 is 0 Å². The van der Waals surface area contributed by atoms with E-state index in [-0.39, 0.29) is 0 Å². The summed E-state index contributed by atoms with van der Waals surface area (Å²) in [5.41, 5.74) is 4.98. The SMILES string of the molecule is CCN1c2ccccc2N(CC)C12C=Cc1c(cc(N3CCCCC3)c3ccccc13)O2. The van der Waals surface area contributed by atoms with Crippen LogP contribution in [0.4, 0.5) is 17.1 Å². The quantitative estimate of drug-likeness (QED) is 0.493. The molecule has 4 heteroatoms. The Labute approximate surface area is 190 Å². The summed E-state index contributed by atoms with van der Waals surface area (Å²) >= 11 is 0. The minimum atomic E-state index is -0.623. The van der Waals surface area contributed by atoms with Crippen LogP contribution in [0.25, 0.3) is 16.8 Å². The van der Waals surface area contributed by atoms with Crippen molar-refractivity contribution in [2.45, 2.75) is 39.0 Å². The molecule has 164 valence electrons. The number of hydrogen-bond donors (Lipinski definition) is 0. The van der Waals surface area contributed by atoms with Crippen LogP contribution in [-0.2, 0) is 0 Å². The molecule has 0 aliphatic carbocycles. The molecule has 0 atom stereocenters. The number of fused-ring (bicyclic) bond motifs is 4. The van der Waals surface area contributed by atoms with Gasteiger partial charge in [-0.1, -0.05) is 36.4 Å². The van der Waals surface area contributed by atoms with E-state index in [2.05, 4.69) is 95.3 Å². The highest BCUT2D eigenvalue weighted by Gasteiger charge is 2.50. The van der Waals surface area contributed by atoms with Crippen LogP contribution in [0.3, 0.4) is 0 Å². The van der Waals surface area contributed by atoms with E-state index in [1.165, 1.54) is 52.7 Å². The minimum Gasteiger partial charge on any atom is -0.445 e. The number of likely N-dealkylation sites (N-methyl/N-ethyl adjacent to an activating group) is 2. The van der Waals surface area contributed by atoms with Gasteiger partial charge in [0.15, 0.2) is 0 Å². The molecule has 3 aromatic carbocycles. The molecule has 3 heterocycles. The molecule has 0 aromatic heterocycles. The molecule has 1 spiro atoms. The lowest BCUT2D eigenvalue weighted by Crippen LogP contribution is -2.60. The van der Waals surface area contributed by atoms with E-state index in [0.717, 1.165) is 31.9 Å². The summed E-state index contributed by atoms with van der Waals surface area (Å²) in [5.74, 6) is 0.360. The van der Waals surface area contributed by atoms with Gasteiger partial charge in [0.05, 0.1) is 11.4 Å². The fourth-order valence-corrected chi connectivity index (χ4v) is 5.89. The van der Waals surface area contributed by atoms with Crippen molar-refractivity contribution in [3.05, 3.63) is 66.2 Å². The standard InChI is InChI=1S/C28H31N3O/c1-3-30-24-14-8-9-15-25(24)31(4-2)28(30)17-16-23-21-12-6-7-13-22(21)26(20-27(23)32-28)29-18-10-5-11-19-29/h6-9,12-17,20H,3-5,10-11,18-19H2,1-2H3. The van der Waals surface area contributed by atoms with Crippen molar-refractivity contribution in [1.29, 1.82) is 0 Å². The van der Waals surface area contributed by atoms with E-state index >= 15 is 0 Å². The minimum absolute atomic E-state index is 0.623. The molecule has 3 aliphatic heterocycles. The monoisotopic (exact) mass is 425 g/mol. The smallest absolute Gasteiger partial charge is 0.285 e. The van der Waals surface area contributed by atoms with E-state index in [1.54, 1.807) is 0 Å². The number of rotatable bonds is 3. The first-order valence-electron chi connectivity index (χ1n) is 12.1. The molecule has 0 N–H and O–H groups in total. The third kappa shape index (κ3) is 2.68. The van der Waals surface area contributed by atoms with Gasteiger partial charge >= 0.3 is 0 Å². The summed E-state index contributed by atoms with van der Waals surface area (Å²) in [5, 5.41) is 2.60. The van der Waals surface area contributed by atoms with Gasteiger partial charge in [0.1, 0.15) is 5.75 Å². The topological polar surface area (TPSA) is 19.0 Å². The predicted octanol–water partition coefficient (Wildman–Crippen LogP) is 6.26. The fraction of sp³-hybridized carbons (Fsp3) is 0.357.